The Balaban J connectivity index is 2.48. The third-order valence-corrected chi connectivity index (χ3v) is 4.49. The molecule has 0 aromatic carbocycles. The molecule has 6 heteroatoms. The van der Waals surface area contributed by atoms with Crippen molar-refractivity contribution in [3.63, 3.8) is 0 Å². The van der Waals surface area contributed by atoms with Crippen LogP contribution < -0.4 is 0 Å². The van der Waals surface area contributed by atoms with E-state index in [4.69, 9.17) is 4.74 Å². The first-order chi connectivity index (χ1) is 10.4. The number of esters is 2. The van der Waals surface area contributed by atoms with E-state index < -0.39 is 47.4 Å². The van der Waals surface area contributed by atoms with Crippen molar-refractivity contribution in [1.82, 2.24) is 0 Å². The standard InChI is InChI=1S/C16H20O6/c1-3-5-9-13-10(15(20)22-16(13)21)6-8(4-2)11(17)7-12(18)14(9)19/h4,9-11,13,17H,3,5-7H2,1-2H3/b8-4-. The third-order valence-electron chi connectivity index (χ3n) is 4.49. The van der Waals surface area contributed by atoms with Crippen LogP contribution in [0.25, 0.3) is 0 Å². The van der Waals surface area contributed by atoms with Crippen LogP contribution in [0.2, 0.25) is 0 Å². The summed E-state index contributed by atoms with van der Waals surface area (Å²) in [5.74, 6) is -5.36. The molecule has 4 unspecified atom stereocenters. The SMILES string of the molecule is C/C=C1/CC2C(=O)OC(=O)C2C(CCC)C(=O)C(=O)CC1O. The van der Waals surface area contributed by atoms with Crippen LogP contribution in [0.5, 0.6) is 0 Å². The maximum Gasteiger partial charge on any atom is 0.318 e. The number of allylic oxidation sites excluding steroid dienone is 1. The van der Waals surface area contributed by atoms with E-state index in [0.29, 0.717) is 18.4 Å². The molecule has 1 N–H and O–H groups in total. The highest BCUT2D eigenvalue weighted by Crippen LogP contribution is 2.39. The maximum absolute atomic E-state index is 12.4. The molecule has 1 saturated carbocycles. The van der Waals surface area contributed by atoms with Crippen LogP contribution in [0, 0.1) is 17.8 Å². The van der Waals surface area contributed by atoms with Gasteiger partial charge in [-0.25, -0.2) is 0 Å². The first-order valence-electron chi connectivity index (χ1n) is 7.56. The van der Waals surface area contributed by atoms with E-state index in [0.717, 1.165) is 0 Å². The van der Waals surface area contributed by atoms with Crippen LogP contribution in [-0.4, -0.2) is 34.7 Å². The number of aliphatic hydroxyl groups excluding tert-OH is 1. The number of carbonyl (C=O) groups is 4. The second kappa shape index (κ2) is 6.52. The molecule has 4 atom stereocenters. The summed E-state index contributed by atoms with van der Waals surface area (Å²) in [6, 6.07) is 0. The molecule has 2 fully saturated rings. The average Bonchev–Trinajstić information content (AvgIpc) is 2.75. The van der Waals surface area contributed by atoms with Crippen LogP contribution in [-0.2, 0) is 23.9 Å². The number of ketones is 2. The number of ether oxygens (including phenoxy) is 1. The van der Waals surface area contributed by atoms with Crippen LogP contribution in [0.4, 0.5) is 0 Å². The summed E-state index contributed by atoms with van der Waals surface area (Å²) in [5.41, 5.74) is 0.486. The predicted molar refractivity (Wildman–Crippen MR) is 75.5 cm³/mol. The molecule has 0 radical (unpaired) electrons. The molecule has 6 nitrogen and oxygen atoms in total. The predicted octanol–water partition coefficient (Wildman–Crippen LogP) is 0.958. The van der Waals surface area contributed by atoms with Gasteiger partial charge in [-0.15, -0.1) is 0 Å². The zero-order chi connectivity index (χ0) is 16.4. The molecule has 1 aliphatic heterocycles. The van der Waals surface area contributed by atoms with Gasteiger partial charge >= 0.3 is 11.9 Å². The lowest BCUT2D eigenvalue weighted by molar-refractivity contribution is -0.155. The molecule has 1 saturated heterocycles. The zero-order valence-corrected chi connectivity index (χ0v) is 12.7. The van der Waals surface area contributed by atoms with Crippen molar-refractivity contribution in [3.05, 3.63) is 11.6 Å². The van der Waals surface area contributed by atoms with Gasteiger partial charge in [0.25, 0.3) is 0 Å². The third kappa shape index (κ3) is 2.88. The fraction of sp³-hybridized carbons (Fsp3) is 0.625. The number of Topliss-reactive ketones (excluding diaryl/α,β-unsaturated/α-hetero) is 2. The molecule has 2 rings (SSSR count). The van der Waals surface area contributed by atoms with Gasteiger partial charge in [0.1, 0.15) is 0 Å². The molecule has 0 bridgehead atoms. The smallest absolute Gasteiger partial charge is 0.318 e. The van der Waals surface area contributed by atoms with Gasteiger partial charge in [0, 0.05) is 12.3 Å². The molecule has 120 valence electrons. The summed E-state index contributed by atoms with van der Waals surface area (Å²) in [6.45, 7) is 3.52. The van der Waals surface area contributed by atoms with Gasteiger partial charge in [-0.2, -0.15) is 0 Å². The summed E-state index contributed by atoms with van der Waals surface area (Å²) < 4.78 is 4.70. The van der Waals surface area contributed by atoms with Gasteiger partial charge in [-0.05, 0) is 25.3 Å². The van der Waals surface area contributed by atoms with Gasteiger partial charge in [0.05, 0.1) is 17.9 Å². The van der Waals surface area contributed by atoms with Gasteiger partial charge in [-0.1, -0.05) is 19.4 Å². The van der Waals surface area contributed by atoms with E-state index in [1.807, 2.05) is 6.92 Å². The van der Waals surface area contributed by atoms with Crippen molar-refractivity contribution in [3.8, 4) is 0 Å². The van der Waals surface area contributed by atoms with Gasteiger partial charge < -0.3 is 9.84 Å². The van der Waals surface area contributed by atoms with Crippen LogP contribution >= 0.6 is 0 Å². The zero-order valence-electron chi connectivity index (χ0n) is 12.7. The Morgan fingerprint density at radius 1 is 1.18 bits per heavy atom. The molecule has 0 aromatic heterocycles. The number of rotatable bonds is 2. The second-order valence-electron chi connectivity index (χ2n) is 5.84. The number of carbonyl (C=O) groups excluding carboxylic acids is 4. The van der Waals surface area contributed by atoms with E-state index in [2.05, 4.69) is 0 Å². The van der Waals surface area contributed by atoms with Gasteiger partial charge in [0.15, 0.2) is 0 Å². The Morgan fingerprint density at radius 2 is 1.86 bits per heavy atom. The number of hydrogen-bond donors (Lipinski definition) is 1. The summed E-state index contributed by atoms with van der Waals surface area (Å²) in [7, 11) is 0. The van der Waals surface area contributed by atoms with Crippen molar-refractivity contribution in [2.75, 3.05) is 0 Å². The monoisotopic (exact) mass is 308 g/mol. The van der Waals surface area contributed by atoms with Crippen molar-refractivity contribution >= 4 is 23.5 Å². The van der Waals surface area contributed by atoms with Gasteiger partial charge in [-0.3, -0.25) is 19.2 Å². The molecule has 2 aliphatic rings. The normalized spacial score (nSPS) is 35.0. The van der Waals surface area contributed by atoms with E-state index in [-0.39, 0.29) is 12.8 Å². The fourth-order valence-electron chi connectivity index (χ4n) is 3.31. The Morgan fingerprint density at radius 3 is 2.45 bits per heavy atom. The second-order valence-corrected chi connectivity index (χ2v) is 5.84. The lowest BCUT2D eigenvalue weighted by atomic mass is 9.76. The van der Waals surface area contributed by atoms with Crippen molar-refractivity contribution in [1.29, 1.82) is 0 Å². The summed E-state index contributed by atoms with van der Waals surface area (Å²) >= 11 is 0. The molecule has 22 heavy (non-hydrogen) atoms. The maximum atomic E-state index is 12.4. The Hall–Kier alpha value is -1.82. The Bertz CT molecular complexity index is 547. The molecular formula is C16H20O6. The minimum atomic E-state index is -1.11. The molecule has 0 amide bonds. The number of aliphatic hydroxyl groups is 1. The fourth-order valence-corrected chi connectivity index (χ4v) is 3.31. The molecule has 1 heterocycles. The van der Waals surface area contributed by atoms with E-state index in [1.54, 1.807) is 13.0 Å². The topological polar surface area (TPSA) is 97.7 Å². The molecular weight excluding hydrogens is 288 g/mol. The minimum Gasteiger partial charge on any atom is -0.393 e. The van der Waals surface area contributed by atoms with Gasteiger partial charge in [0.2, 0.25) is 11.6 Å². The summed E-state index contributed by atoms with van der Waals surface area (Å²) in [4.78, 5) is 48.4. The minimum absolute atomic E-state index is 0.133. The van der Waals surface area contributed by atoms with Crippen LogP contribution in [0.1, 0.15) is 39.5 Å². The number of fused-ring (bicyclic) bond motifs is 1. The van der Waals surface area contributed by atoms with Crippen molar-refractivity contribution < 1.29 is 29.0 Å². The first kappa shape index (κ1) is 16.5. The highest BCUT2D eigenvalue weighted by molar-refractivity contribution is 6.38. The number of cyclic esters (lactones) is 2. The van der Waals surface area contributed by atoms with Crippen LogP contribution in [0.3, 0.4) is 0 Å². The average molecular weight is 308 g/mol. The highest BCUT2D eigenvalue weighted by Gasteiger charge is 2.52. The Kier molecular flexibility index (Phi) is 4.90. The van der Waals surface area contributed by atoms with Crippen molar-refractivity contribution in [2.45, 2.75) is 45.6 Å². The number of hydrogen-bond acceptors (Lipinski definition) is 6. The lowest BCUT2D eigenvalue weighted by Crippen LogP contribution is -2.35. The molecule has 0 aromatic rings. The van der Waals surface area contributed by atoms with E-state index >= 15 is 0 Å². The first-order valence-corrected chi connectivity index (χ1v) is 7.56. The van der Waals surface area contributed by atoms with E-state index in [1.165, 1.54) is 0 Å². The van der Waals surface area contributed by atoms with E-state index in [9.17, 15) is 24.3 Å². The molecule has 0 spiro atoms. The van der Waals surface area contributed by atoms with Crippen LogP contribution in [0.15, 0.2) is 11.6 Å². The quantitative estimate of drug-likeness (QED) is 0.353. The summed E-state index contributed by atoms with van der Waals surface area (Å²) in [5, 5.41) is 10.1. The largest absolute Gasteiger partial charge is 0.393 e. The highest BCUT2D eigenvalue weighted by atomic mass is 16.6. The van der Waals surface area contributed by atoms with Crippen molar-refractivity contribution in [2.24, 2.45) is 17.8 Å². The lowest BCUT2D eigenvalue weighted by Gasteiger charge is -2.21. The Labute approximate surface area is 128 Å². The summed E-state index contributed by atoms with van der Waals surface area (Å²) in [6.07, 6.45) is 1.29. The molecule has 1 aliphatic carbocycles.